The predicted octanol–water partition coefficient (Wildman–Crippen LogP) is 4.44. The van der Waals surface area contributed by atoms with Crippen molar-refractivity contribution in [1.29, 1.82) is 0 Å². The highest BCUT2D eigenvalue weighted by molar-refractivity contribution is 9.10. The third-order valence-corrected chi connectivity index (χ3v) is 6.63. The molecule has 6 nitrogen and oxygen atoms in total. The van der Waals surface area contributed by atoms with Crippen molar-refractivity contribution in [2.75, 3.05) is 51.4 Å². The van der Waals surface area contributed by atoms with Crippen LogP contribution in [0.5, 0.6) is 5.75 Å². The number of carbonyl (C=O) groups excluding carboxylic acids is 1. The maximum absolute atomic E-state index is 13.4. The molecule has 0 aliphatic carbocycles. The molecular formula is C22H24BrN3O3S. The van der Waals surface area contributed by atoms with E-state index in [1.807, 2.05) is 36.4 Å². The summed E-state index contributed by atoms with van der Waals surface area (Å²) in [4.78, 5) is 22.4. The first-order valence-electron chi connectivity index (χ1n) is 9.96. The highest BCUT2D eigenvalue weighted by Gasteiger charge is 2.22. The molecule has 0 N–H and O–H groups in total. The second kappa shape index (κ2) is 9.87. The van der Waals surface area contributed by atoms with Gasteiger partial charge in [0.2, 0.25) is 0 Å². The van der Waals surface area contributed by atoms with E-state index < -0.39 is 0 Å². The van der Waals surface area contributed by atoms with Gasteiger partial charge in [-0.3, -0.25) is 14.6 Å². The van der Waals surface area contributed by atoms with Crippen LogP contribution in [-0.4, -0.2) is 62.3 Å². The monoisotopic (exact) mass is 489 g/mol. The summed E-state index contributed by atoms with van der Waals surface area (Å²) in [5, 5.41) is 0.720. The topological polar surface area (TPSA) is 54.9 Å². The zero-order chi connectivity index (χ0) is 20.9. The zero-order valence-corrected chi connectivity index (χ0v) is 19.2. The Morgan fingerprint density at radius 2 is 2.10 bits per heavy atom. The van der Waals surface area contributed by atoms with Gasteiger partial charge in [-0.15, -0.1) is 0 Å². The number of aromatic nitrogens is 1. The summed E-state index contributed by atoms with van der Waals surface area (Å²) in [6.07, 6.45) is 0.870. The van der Waals surface area contributed by atoms with Gasteiger partial charge in [0.1, 0.15) is 5.75 Å². The molecule has 1 amide bonds. The van der Waals surface area contributed by atoms with E-state index in [0.717, 1.165) is 59.1 Å². The Balaban J connectivity index is 1.58. The fraction of sp³-hybridized carbons (Fsp3) is 0.364. The highest BCUT2D eigenvalue weighted by atomic mass is 79.9. The van der Waals surface area contributed by atoms with Gasteiger partial charge in [0.15, 0.2) is 5.13 Å². The minimum Gasteiger partial charge on any atom is -0.497 e. The minimum absolute atomic E-state index is 0.0611. The van der Waals surface area contributed by atoms with Crippen LogP contribution in [0.3, 0.4) is 0 Å². The van der Waals surface area contributed by atoms with Crippen LogP contribution < -0.4 is 9.64 Å². The van der Waals surface area contributed by atoms with Gasteiger partial charge in [0.05, 0.1) is 30.5 Å². The van der Waals surface area contributed by atoms with E-state index in [9.17, 15) is 4.79 Å². The first-order chi connectivity index (χ1) is 14.6. The van der Waals surface area contributed by atoms with Gasteiger partial charge in [0, 0.05) is 36.2 Å². The molecule has 1 aliphatic heterocycles. The van der Waals surface area contributed by atoms with Crippen molar-refractivity contribution in [3.63, 3.8) is 0 Å². The van der Waals surface area contributed by atoms with Crippen LogP contribution in [0, 0.1) is 0 Å². The van der Waals surface area contributed by atoms with E-state index in [0.29, 0.717) is 17.9 Å². The Morgan fingerprint density at radius 3 is 2.90 bits per heavy atom. The summed E-state index contributed by atoms with van der Waals surface area (Å²) in [5.41, 5.74) is 1.50. The van der Waals surface area contributed by atoms with Gasteiger partial charge >= 0.3 is 0 Å². The molecule has 2 heterocycles. The lowest BCUT2D eigenvalue weighted by Gasteiger charge is -2.27. The number of anilines is 1. The van der Waals surface area contributed by atoms with E-state index >= 15 is 0 Å². The number of ether oxygens (including phenoxy) is 2. The molecule has 0 radical (unpaired) electrons. The fourth-order valence-electron chi connectivity index (χ4n) is 3.47. The van der Waals surface area contributed by atoms with Crippen LogP contribution in [0.2, 0.25) is 0 Å². The molecule has 4 rings (SSSR count). The van der Waals surface area contributed by atoms with E-state index in [1.165, 1.54) is 11.3 Å². The van der Waals surface area contributed by atoms with Gasteiger partial charge < -0.3 is 9.47 Å². The number of fused-ring (bicyclic) bond motifs is 1. The molecule has 0 bridgehead atoms. The Hall–Kier alpha value is -2.00. The molecule has 158 valence electrons. The normalized spacial score (nSPS) is 14.7. The number of methoxy groups -OCH3 is 1. The van der Waals surface area contributed by atoms with Crippen molar-refractivity contribution < 1.29 is 14.3 Å². The summed E-state index contributed by atoms with van der Waals surface area (Å²) in [6.45, 7) is 4.98. The summed E-state index contributed by atoms with van der Waals surface area (Å²) < 4.78 is 12.8. The molecule has 1 fully saturated rings. The van der Waals surface area contributed by atoms with Crippen LogP contribution in [-0.2, 0) is 4.74 Å². The van der Waals surface area contributed by atoms with Crippen molar-refractivity contribution in [2.45, 2.75) is 6.42 Å². The number of rotatable bonds is 7. The van der Waals surface area contributed by atoms with E-state index in [-0.39, 0.29) is 5.91 Å². The smallest absolute Gasteiger partial charge is 0.260 e. The van der Waals surface area contributed by atoms with Crippen LogP contribution in [0.4, 0.5) is 5.13 Å². The number of amides is 1. The SMILES string of the molecule is COc1cccc(C(=O)N(CCCN2CCOCC2)c2nc3ccc(Br)cc3s2)c1. The number of hydrogen-bond donors (Lipinski definition) is 0. The van der Waals surface area contributed by atoms with Crippen molar-refractivity contribution >= 4 is 48.5 Å². The third kappa shape index (κ3) is 5.00. The molecule has 3 aromatic rings. The Bertz CT molecular complexity index is 1020. The van der Waals surface area contributed by atoms with Gasteiger partial charge in [0.25, 0.3) is 5.91 Å². The summed E-state index contributed by atoms with van der Waals surface area (Å²) >= 11 is 5.05. The maximum Gasteiger partial charge on any atom is 0.260 e. The summed E-state index contributed by atoms with van der Waals surface area (Å²) in [7, 11) is 1.61. The second-order valence-electron chi connectivity index (χ2n) is 7.10. The quantitative estimate of drug-likeness (QED) is 0.491. The molecule has 8 heteroatoms. The first-order valence-corrected chi connectivity index (χ1v) is 11.6. The maximum atomic E-state index is 13.4. The lowest BCUT2D eigenvalue weighted by atomic mass is 10.2. The number of benzene rings is 2. The molecule has 30 heavy (non-hydrogen) atoms. The molecule has 0 saturated carbocycles. The van der Waals surface area contributed by atoms with Gasteiger partial charge in [-0.05, 0) is 42.8 Å². The Morgan fingerprint density at radius 1 is 1.27 bits per heavy atom. The largest absolute Gasteiger partial charge is 0.497 e. The molecule has 1 aromatic heterocycles. The summed E-state index contributed by atoms with van der Waals surface area (Å²) in [6, 6.07) is 13.3. The van der Waals surface area contributed by atoms with Crippen LogP contribution in [0.25, 0.3) is 10.2 Å². The lowest BCUT2D eigenvalue weighted by Crippen LogP contribution is -2.39. The van der Waals surface area contributed by atoms with Crippen molar-refractivity contribution in [3.05, 3.63) is 52.5 Å². The summed E-state index contributed by atoms with van der Waals surface area (Å²) in [5.74, 6) is 0.608. The highest BCUT2D eigenvalue weighted by Crippen LogP contribution is 2.32. The number of carbonyl (C=O) groups is 1. The Labute approximate surface area is 188 Å². The van der Waals surface area contributed by atoms with Crippen LogP contribution in [0.1, 0.15) is 16.8 Å². The van der Waals surface area contributed by atoms with Crippen molar-refractivity contribution in [3.8, 4) is 5.75 Å². The Kier molecular flexibility index (Phi) is 6.99. The second-order valence-corrected chi connectivity index (χ2v) is 9.03. The molecule has 2 aromatic carbocycles. The number of halogens is 1. The van der Waals surface area contributed by atoms with Crippen LogP contribution in [0.15, 0.2) is 46.9 Å². The van der Waals surface area contributed by atoms with Gasteiger partial charge in [-0.25, -0.2) is 4.98 Å². The van der Waals surface area contributed by atoms with Crippen molar-refractivity contribution in [1.82, 2.24) is 9.88 Å². The number of thiazole rings is 1. The fourth-order valence-corrected chi connectivity index (χ4v) is 5.02. The molecule has 0 unspecified atom stereocenters. The van der Waals surface area contributed by atoms with Gasteiger partial charge in [-0.2, -0.15) is 0 Å². The van der Waals surface area contributed by atoms with Gasteiger partial charge in [-0.1, -0.05) is 33.3 Å². The first kappa shape index (κ1) is 21.2. The molecule has 0 atom stereocenters. The number of hydrogen-bond acceptors (Lipinski definition) is 6. The third-order valence-electron chi connectivity index (χ3n) is 5.09. The van der Waals surface area contributed by atoms with Crippen molar-refractivity contribution in [2.24, 2.45) is 0 Å². The lowest BCUT2D eigenvalue weighted by molar-refractivity contribution is 0.0376. The minimum atomic E-state index is -0.0611. The van der Waals surface area contributed by atoms with Crippen LogP contribution >= 0.6 is 27.3 Å². The molecule has 1 aliphatic rings. The predicted molar refractivity (Wildman–Crippen MR) is 124 cm³/mol. The van der Waals surface area contributed by atoms with E-state index in [2.05, 4.69) is 20.8 Å². The number of nitrogens with zero attached hydrogens (tertiary/aromatic N) is 3. The average molecular weight is 490 g/mol. The average Bonchev–Trinajstić information content (AvgIpc) is 3.19. The van der Waals surface area contributed by atoms with E-state index in [1.54, 1.807) is 18.1 Å². The number of morpholine rings is 1. The molecule has 0 spiro atoms. The van der Waals surface area contributed by atoms with E-state index in [4.69, 9.17) is 14.5 Å². The zero-order valence-electron chi connectivity index (χ0n) is 16.8. The standard InChI is InChI=1S/C22H24BrN3O3S/c1-28-18-5-2-4-16(14-18)21(27)26(9-3-8-25-10-12-29-13-11-25)22-24-19-7-6-17(23)15-20(19)30-22/h2,4-7,14-15H,3,8-13H2,1H3. The molecular weight excluding hydrogens is 466 g/mol. The molecule has 1 saturated heterocycles.